The average Bonchev–Trinajstić information content (AvgIpc) is 2.50. The summed E-state index contributed by atoms with van der Waals surface area (Å²) >= 11 is 5.70. The van der Waals surface area contributed by atoms with Gasteiger partial charge in [-0.05, 0) is 25.1 Å². The summed E-state index contributed by atoms with van der Waals surface area (Å²) in [6, 6.07) is 3.85. The maximum atomic E-state index is 13.1. The zero-order valence-corrected chi connectivity index (χ0v) is 13.4. The van der Waals surface area contributed by atoms with Crippen molar-refractivity contribution >= 4 is 29.1 Å². The fourth-order valence-corrected chi connectivity index (χ4v) is 2.73. The lowest BCUT2D eigenvalue weighted by atomic mass is 10.2. The highest BCUT2D eigenvalue weighted by molar-refractivity contribution is 6.31. The molecule has 0 saturated carbocycles. The smallest absolute Gasteiger partial charge is 0.282 e. The molecule has 0 aromatic heterocycles. The Morgan fingerprint density at radius 1 is 1.36 bits per heavy atom. The Morgan fingerprint density at radius 3 is 2.55 bits per heavy atom. The van der Waals surface area contributed by atoms with E-state index in [4.69, 9.17) is 11.6 Å². The van der Waals surface area contributed by atoms with E-state index in [1.165, 1.54) is 18.2 Å². The predicted octanol–water partition coefficient (Wildman–Crippen LogP) is 0.553. The van der Waals surface area contributed by atoms with Crippen molar-refractivity contribution in [1.82, 2.24) is 4.90 Å². The van der Waals surface area contributed by atoms with Gasteiger partial charge in [0.1, 0.15) is 5.82 Å². The molecule has 1 atom stereocenters. The Morgan fingerprint density at radius 2 is 2.00 bits per heavy atom. The molecule has 1 aromatic carbocycles. The van der Waals surface area contributed by atoms with Crippen LogP contribution in [0.2, 0.25) is 5.02 Å². The van der Waals surface area contributed by atoms with Crippen molar-refractivity contribution in [3.63, 3.8) is 0 Å². The van der Waals surface area contributed by atoms with Crippen LogP contribution < -0.4 is 10.2 Å². The Bertz CT molecular complexity index is 574. The van der Waals surface area contributed by atoms with Gasteiger partial charge in [0.2, 0.25) is 5.91 Å². The van der Waals surface area contributed by atoms with Crippen LogP contribution in [0.5, 0.6) is 0 Å². The second-order valence-electron chi connectivity index (χ2n) is 5.50. The lowest BCUT2D eigenvalue weighted by Crippen LogP contribution is -3.19. The van der Waals surface area contributed by atoms with Gasteiger partial charge in [0.05, 0.1) is 31.2 Å². The van der Waals surface area contributed by atoms with E-state index in [2.05, 4.69) is 5.32 Å². The van der Waals surface area contributed by atoms with Gasteiger partial charge < -0.3 is 15.1 Å². The summed E-state index contributed by atoms with van der Waals surface area (Å²) in [7, 11) is 0. The summed E-state index contributed by atoms with van der Waals surface area (Å²) in [5.74, 6) is -0.593. The maximum Gasteiger partial charge on any atom is 0.282 e. The zero-order chi connectivity index (χ0) is 16.3. The van der Waals surface area contributed by atoms with Crippen molar-refractivity contribution in [3.8, 4) is 0 Å². The van der Waals surface area contributed by atoms with Crippen molar-refractivity contribution in [2.45, 2.75) is 19.9 Å². The highest BCUT2D eigenvalue weighted by atomic mass is 35.5. The number of benzene rings is 1. The lowest BCUT2D eigenvalue weighted by molar-refractivity contribution is -0.917. The summed E-state index contributed by atoms with van der Waals surface area (Å²) in [5, 5.41) is 2.73. The largest absolute Gasteiger partial charge is 0.332 e. The molecule has 1 heterocycles. The van der Waals surface area contributed by atoms with Crippen molar-refractivity contribution in [3.05, 3.63) is 29.0 Å². The number of halogens is 2. The molecule has 7 heteroatoms. The Hall–Kier alpha value is -1.66. The van der Waals surface area contributed by atoms with Crippen LogP contribution in [-0.4, -0.2) is 48.9 Å². The number of carbonyl (C=O) groups excluding carboxylic acids is 2. The molecule has 0 aliphatic carbocycles. The van der Waals surface area contributed by atoms with E-state index in [9.17, 15) is 14.0 Å². The molecule has 5 nitrogen and oxygen atoms in total. The van der Waals surface area contributed by atoms with Gasteiger partial charge in [-0.2, -0.15) is 0 Å². The number of anilines is 1. The van der Waals surface area contributed by atoms with E-state index >= 15 is 0 Å². The van der Waals surface area contributed by atoms with E-state index in [-0.39, 0.29) is 22.9 Å². The second kappa shape index (κ2) is 7.07. The number of nitrogens with zero attached hydrogens (tertiary/aromatic N) is 1. The summed E-state index contributed by atoms with van der Waals surface area (Å²) in [4.78, 5) is 26.5. The third-order valence-electron chi connectivity index (χ3n) is 4.04. The molecule has 1 fully saturated rings. The molecule has 2 amide bonds. The van der Waals surface area contributed by atoms with Crippen LogP contribution in [0.4, 0.5) is 10.1 Å². The topological polar surface area (TPSA) is 53.9 Å². The molecule has 1 aliphatic heterocycles. The molecule has 0 bridgehead atoms. The third kappa shape index (κ3) is 3.96. The fraction of sp³-hybridized carbons (Fsp3) is 0.467. The molecule has 0 spiro atoms. The molecule has 0 radical (unpaired) electrons. The monoisotopic (exact) mass is 328 g/mol. The minimum Gasteiger partial charge on any atom is -0.332 e. The lowest BCUT2D eigenvalue weighted by Gasteiger charge is -2.34. The van der Waals surface area contributed by atoms with Crippen molar-refractivity contribution in [2.75, 3.05) is 31.5 Å². The summed E-state index contributed by atoms with van der Waals surface area (Å²) in [5.41, 5.74) is 0.477. The normalized spacial score (nSPS) is 17.2. The molecule has 2 rings (SSSR count). The van der Waals surface area contributed by atoms with Gasteiger partial charge >= 0.3 is 0 Å². The molecular weight excluding hydrogens is 309 g/mol. The first kappa shape index (κ1) is 16.7. The number of hydrogen-bond acceptors (Lipinski definition) is 2. The zero-order valence-electron chi connectivity index (χ0n) is 12.7. The highest BCUT2D eigenvalue weighted by Gasteiger charge is 2.29. The van der Waals surface area contributed by atoms with E-state index in [0.29, 0.717) is 18.8 Å². The molecule has 1 aromatic rings. The standard InChI is InChI=1S/C15H19ClFN3O2/c1-10(19-5-7-20(8-6-19)11(2)21)15(22)18-12-3-4-14(17)13(16)9-12/h3-4,9-10H,5-8H2,1-2H3,(H,18,22)/p+1/t10-/m1/s1. The van der Waals surface area contributed by atoms with Crippen LogP contribution in [-0.2, 0) is 9.59 Å². The average molecular weight is 329 g/mol. The quantitative estimate of drug-likeness (QED) is 0.851. The molecule has 0 unspecified atom stereocenters. The Labute approximate surface area is 134 Å². The maximum absolute atomic E-state index is 13.1. The van der Waals surface area contributed by atoms with Crippen LogP contribution in [0, 0.1) is 5.82 Å². The third-order valence-corrected chi connectivity index (χ3v) is 4.33. The minimum absolute atomic E-state index is 0.0205. The first-order valence-electron chi connectivity index (χ1n) is 7.24. The second-order valence-corrected chi connectivity index (χ2v) is 5.91. The van der Waals surface area contributed by atoms with Gasteiger partial charge in [-0.1, -0.05) is 11.6 Å². The van der Waals surface area contributed by atoms with Crippen molar-refractivity contribution < 1.29 is 18.9 Å². The van der Waals surface area contributed by atoms with Crippen LogP contribution in [0.15, 0.2) is 18.2 Å². The molecular formula is C15H20ClFN3O2+. The number of hydrogen-bond donors (Lipinski definition) is 2. The Kier molecular flexibility index (Phi) is 5.37. The number of quaternary nitrogens is 1. The van der Waals surface area contributed by atoms with Crippen LogP contribution in [0.3, 0.4) is 0 Å². The molecule has 22 heavy (non-hydrogen) atoms. The summed E-state index contributed by atoms with van der Waals surface area (Å²) in [6.07, 6.45) is 0. The van der Waals surface area contributed by atoms with Gasteiger partial charge in [-0.25, -0.2) is 4.39 Å². The van der Waals surface area contributed by atoms with E-state index in [1.807, 2.05) is 6.92 Å². The van der Waals surface area contributed by atoms with Gasteiger partial charge in [-0.3, -0.25) is 9.59 Å². The van der Waals surface area contributed by atoms with Gasteiger partial charge in [0.15, 0.2) is 6.04 Å². The van der Waals surface area contributed by atoms with Crippen LogP contribution in [0.25, 0.3) is 0 Å². The van der Waals surface area contributed by atoms with E-state index in [0.717, 1.165) is 18.0 Å². The predicted molar refractivity (Wildman–Crippen MR) is 82.5 cm³/mol. The van der Waals surface area contributed by atoms with Gasteiger partial charge in [0.25, 0.3) is 5.91 Å². The van der Waals surface area contributed by atoms with E-state index in [1.54, 1.807) is 11.8 Å². The molecule has 120 valence electrons. The van der Waals surface area contributed by atoms with Gasteiger partial charge in [0, 0.05) is 12.6 Å². The SMILES string of the molecule is CC(=O)N1CC[NH+]([C@H](C)C(=O)Nc2ccc(F)c(Cl)c2)CC1. The van der Waals surface area contributed by atoms with Crippen molar-refractivity contribution in [1.29, 1.82) is 0 Å². The summed E-state index contributed by atoms with van der Waals surface area (Å²) in [6.45, 7) is 6.19. The van der Waals surface area contributed by atoms with Gasteiger partial charge in [-0.15, -0.1) is 0 Å². The first-order chi connectivity index (χ1) is 10.4. The number of rotatable bonds is 3. The number of amides is 2. The van der Waals surface area contributed by atoms with Crippen LogP contribution in [0.1, 0.15) is 13.8 Å². The van der Waals surface area contributed by atoms with Crippen molar-refractivity contribution in [2.24, 2.45) is 0 Å². The molecule has 1 aliphatic rings. The fourth-order valence-electron chi connectivity index (χ4n) is 2.55. The minimum atomic E-state index is -0.515. The summed E-state index contributed by atoms with van der Waals surface area (Å²) < 4.78 is 13.1. The number of piperazine rings is 1. The number of carbonyl (C=O) groups is 2. The molecule has 2 N–H and O–H groups in total. The van der Waals surface area contributed by atoms with E-state index < -0.39 is 5.82 Å². The number of nitrogens with one attached hydrogen (secondary N) is 2. The molecule has 1 saturated heterocycles. The first-order valence-corrected chi connectivity index (χ1v) is 7.62. The highest BCUT2D eigenvalue weighted by Crippen LogP contribution is 2.19. The Balaban J connectivity index is 1.92. The van der Waals surface area contributed by atoms with Crippen LogP contribution >= 0.6 is 11.6 Å².